The van der Waals surface area contributed by atoms with E-state index in [0.717, 1.165) is 0 Å². The lowest BCUT2D eigenvalue weighted by atomic mass is 10.3. The van der Waals surface area contributed by atoms with E-state index in [9.17, 15) is 14.9 Å². The van der Waals surface area contributed by atoms with Gasteiger partial charge >= 0.3 is 11.8 Å². The van der Waals surface area contributed by atoms with Gasteiger partial charge in [0.15, 0.2) is 6.61 Å². The Labute approximate surface area is 137 Å². The van der Waals surface area contributed by atoms with Crippen LogP contribution < -0.4 is 9.47 Å². The second-order valence-electron chi connectivity index (χ2n) is 5.16. The van der Waals surface area contributed by atoms with Crippen molar-refractivity contribution in [3.05, 3.63) is 46.6 Å². The molecule has 0 saturated carbocycles. The number of carbonyl (C=O) groups is 1. The summed E-state index contributed by atoms with van der Waals surface area (Å²) < 4.78 is 12.4. The maximum absolute atomic E-state index is 12.3. The molecule has 2 aromatic rings. The molecule has 0 saturated heterocycles. The van der Waals surface area contributed by atoms with Crippen LogP contribution in [-0.2, 0) is 11.3 Å². The summed E-state index contributed by atoms with van der Waals surface area (Å²) in [4.78, 5) is 27.9. The minimum atomic E-state index is -0.572. The summed E-state index contributed by atoms with van der Waals surface area (Å²) in [5.41, 5.74) is 0. The van der Waals surface area contributed by atoms with Gasteiger partial charge in [0.1, 0.15) is 18.6 Å². The van der Waals surface area contributed by atoms with Crippen molar-refractivity contribution in [3.63, 3.8) is 0 Å². The lowest BCUT2D eigenvalue weighted by Gasteiger charge is -2.24. The van der Waals surface area contributed by atoms with Gasteiger partial charge in [0.25, 0.3) is 5.91 Å². The highest BCUT2D eigenvalue weighted by molar-refractivity contribution is 5.77. The largest absolute Gasteiger partial charge is 0.484 e. The van der Waals surface area contributed by atoms with Crippen LogP contribution in [-0.4, -0.2) is 51.6 Å². The summed E-state index contributed by atoms with van der Waals surface area (Å²) in [5.74, 6) is 0.194. The molecule has 0 unspecified atom stereocenters. The fourth-order valence-corrected chi connectivity index (χ4v) is 2.34. The molecule has 1 aliphatic heterocycles. The number of aromatic nitrogens is 2. The van der Waals surface area contributed by atoms with Gasteiger partial charge in [0, 0.05) is 18.1 Å². The zero-order valence-corrected chi connectivity index (χ0v) is 12.8. The third kappa shape index (κ3) is 3.62. The van der Waals surface area contributed by atoms with E-state index in [1.807, 2.05) is 18.2 Å². The maximum Gasteiger partial charge on any atom is 0.414 e. The number of para-hydroxylation sites is 1. The number of hydrogen-bond donors (Lipinski definition) is 0. The molecule has 1 amide bonds. The van der Waals surface area contributed by atoms with Gasteiger partial charge in [-0.3, -0.25) is 9.36 Å². The zero-order chi connectivity index (χ0) is 16.9. The second kappa shape index (κ2) is 6.99. The van der Waals surface area contributed by atoms with Gasteiger partial charge in [-0.25, -0.2) is 0 Å². The van der Waals surface area contributed by atoms with Crippen LogP contribution >= 0.6 is 0 Å². The summed E-state index contributed by atoms with van der Waals surface area (Å²) >= 11 is 0. The van der Waals surface area contributed by atoms with E-state index in [0.29, 0.717) is 25.4 Å². The first-order valence-electron chi connectivity index (χ1n) is 7.43. The maximum atomic E-state index is 12.3. The van der Waals surface area contributed by atoms with Gasteiger partial charge in [-0.1, -0.05) is 18.2 Å². The Morgan fingerprint density at radius 2 is 2.08 bits per heavy atom. The first-order valence-corrected chi connectivity index (χ1v) is 7.43. The Hall–Kier alpha value is -3.10. The van der Waals surface area contributed by atoms with Crippen molar-refractivity contribution in [1.29, 1.82) is 0 Å². The minimum absolute atomic E-state index is 0.0685. The number of benzene rings is 1. The van der Waals surface area contributed by atoms with Crippen molar-refractivity contribution < 1.29 is 19.2 Å². The number of fused-ring (bicyclic) bond motifs is 1. The van der Waals surface area contributed by atoms with Gasteiger partial charge in [0.2, 0.25) is 0 Å². The quantitative estimate of drug-likeness (QED) is 0.614. The molecular formula is C15H16N4O5. The SMILES string of the molecule is O=C(COc1ccccc1)N1CCOc2nc([N+](=O)[O-])cn2CC1. The molecule has 1 aromatic carbocycles. The van der Waals surface area contributed by atoms with Crippen LogP contribution in [0.25, 0.3) is 0 Å². The molecule has 3 rings (SSSR count). The molecular weight excluding hydrogens is 316 g/mol. The first kappa shape index (κ1) is 15.8. The highest BCUT2D eigenvalue weighted by atomic mass is 16.6. The molecule has 9 nitrogen and oxygen atoms in total. The second-order valence-corrected chi connectivity index (χ2v) is 5.16. The Morgan fingerprint density at radius 1 is 1.29 bits per heavy atom. The third-order valence-corrected chi connectivity index (χ3v) is 3.58. The molecule has 1 aromatic heterocycles. The predicted molar refractivity (Wildman–Crippen MR) is 82.9 cm³/mol. The highest BCUT2D eigenvalue weighted by Crippen LogP contribution is 2.19. The molecule has 2 heterocycles. The van der Waals surface area contributed by atoms with E-state index >= 15 is 0 Å². The van der Waals surface area contributed by atoms with Gasteiger partial charge in [-0.2, -0.15) is 0 Å². The zero-order valence-electron chi connectivity index (χ0n) is 12.8. The number of imidazole rings is 1. The van der Waals surface area contributed by atoms with Gasteiger partial charge in [-0.15, -0.1) is 0 Å². The monoisotopic (exact) mass is 332 g/mol. The smallest absolute Gasteiger partial charge is 0.414 e. The van der Waals surface area contributed by atoms with Crippen molar-refractivity contribution in [2.24, 2.45) is 0 Å². The number of ether oxygens (including phenoxy) is 2. The van der Waals surface area contributed by atoms with E-state index in [4.69, 9.17) is 9.47 Å². The summed E-state index contributed by atoms with van der Waals surface area (Å²) in [7, 11) is 0. The number of carbonyl (C=O) groups excluding carboxylic acids is 1. The molecule has 1 aliphatic rings. The van der Waals surface area contributed by atoms with Crippen LogP contribution in [0.2, 0.25) is 0 Å². The van der Waals surface area contributed by atoms with E-state index in [1.165, 1.54) is 10.8 Å². The molecule has 0 fully saturated rings. The Bertz CT molecular complexity index is 731. The van der Waals surface area contributed by atoms with E-state index in [-0.39, 0.29) is 30.9 Å². The highest BCUT2D eigenvalue weighted by Gasteiger charge is 2.24. The van der Waals surface area contributed by atoms with E-state index in [2.05, 4.69) is 4.98 Å². The molecule has 0 aliphatic carbocycles. The van der Waals surface area contributed by atoms with Crippen molar-refractivity contribution in [3.8, 4) is 11.8 Å². The summed E-state index contributed by atoms with van der Waals surface area (Å²) in [6.07, 6.45) is 1.31. The Kier molecular flexibility index (Phi) is 4.59. The first-order chi connectivity index (χ1) is 11.6. The topological polar surface area (TPSA) is 99.7 Å². The molecule has 0 N–H and O–H groups in total. The predicted octanol–water partition coefficient (Wildman–Crippen LogP) is 1.09. The average Bonchev–Trinajstić information content (AvgIpc) is 2.96. The lowest BCUT2D eigenvalue weighted by molar-refractivity contribution is -0.389. The standard InChI is InChI=1S/C15H16N4O5/c20-14(11-24-12-4-2-1-3-5-12)17-6-7-18-10-13(19(21)22)16-15(18)23-9-8-17/h1-5,10H,6-9,11H2. The van der Waals surface area contributed by atoms with E-state index < -0.39 is 4.92 Å². The lowest BCUT2D eigenvalue weighted by Crippen LogP contribution is -2.41. The van der Waals surface area contributed by atoms with Crippen LogP contribution in [0.5, 0.6) is 11.8 Å². The normalized spacial score (nSPS) is 14.1. The molecule has 126 valence electrons. The number of rotatable bonds is 4. The Morgan fingerprint density at radius 3 is 2.83 bits per heavy atom. The van der Waals surface area contributed by atoms with Gasteiger partial charge in [-0.05, 0) is 17.1 Å². The summed E-state index contributed by atoms with van der Waals surface area (Å²) in [6, 6.07) is 9.29. The van der Waals surface area contributed by atoms with Crippen LogP contribution in [0.4, 0.5) is 5.82 Å². The fraction of sp³-hybridized carbons (Fsp3) is 0.333. The molecule has 24 heavy (non-hydrogen) atoms. The summed E-state index contributed by atoms with van der Waals surface area (Å²) in [5, 5.41) is 10.8. The van der Waals surface area contributed by atoms with Crippen LogP contribution in [0, 0.1) is 10.1 Å². The van der Waals surface area contributed by atoms with Gasteiger partial charge in [0.05, 0.1) is 6.54 Å². The molecule has 0 spiro atoms. The van der Waals surface area contributed by atoms with Crippen molar-refractivity contribution >= 4 is 11.7 Å². The van der Waals surface area contributed by atoms with Crippen LogP contribution in [0.3, 0.4) is 0 Å². The number of nitrogens with zero attached hydrogens (tertiary/aromatic N) is 4. The minimum Gasteiger partial charge on any atom is -0.484 e. The van der Waals surface area contributed by atoms with Crippen molar-refractivity contribution in [2.75, 3.05) is 26.3 Å². The van der Waals surface area contributed by atoms with Crippen LogP contribution in [0.1, 0.15) is 0 Å². The number of hydrogen-bond acceptors (Lipinski definition) is 6. The third-order valence-electron chi connectivity index (χ3n) is 3.58. The number of amides is 1. The number of nitro groups is 1. The van der Waals surface area contributed by atoms with Gasteiger partial charge < -0.3 is 24.5 Å². The van der Waals surface area contributed by atoms with Crippen molar-refractivity contribution in [1.82, 2.24) is 14.5 Å². The van der Waals surface area contributed by atoms with E-state index in [1.54, 1.807) is 17.0 Å². The molecule has 0 atom stereocenters. The molecule has 0 bridgehead atoms. The molecule has 9 heteroatoms. The summed E-state index contributed by atoms with van der Waals surface area (Å²) in [6.45, 7) is 1.29. The average molecular weight is 332 g/mol. The van der Waals surface area contributed by atoms with Crippen molar-refractivity contribution in [2.45, 2.75) is 6.54 Å². The Balaban J connectivity index is 1.59. The molecule has 0 radical (unpaired) electrons. The fourth-order valence-electron chi connectivity index (χ4n) is 2.34. The van der Waals surface area contributed by atoms with Crippen LogP contribution in [0.15, 0.2) is 36.5 Å².